The number of nitrogens with zero attached hydrogens (tertiary/aromatic N) is 3. The van der Waals surface area contributed by atoms with Crippen LogP contribution in [0.1, 0.15) is 11.1 Å². The molecule has 0 aliphatic carbocycles. The Hall–Kier alpha value is -2.34. The Kier molecular flexibility index (Phi) is 5.32. The number of benzene rings is 2. The van der Waals surface area contributed by atoms with E-state index in [9.17, 15) is 17.2 Å². The van der Waals surface area contributed by atoms with Crippen molar-refractivity contribution in [2.45, 2.75) is 11.4 Å². The van der Waals surface area contributed by atoms with E-state index in [0.29, 0.717) is 25.2 Å². The summed E-state index contributed by atoms with van der Waals surface area (Å²) < 4.78 is 53.9. The maximum atomic E-state index is 13.8. The van der Waals surface area contributed by atoms with Gasteiger partial charge < -0.3 is 0 Å². The second kappa shape index (κ2) is 7.50. The standard InChI is InChI=1S/C18H17F2N3O2S/c19-16-2-1-3-17(20)18(16)26(24,25)23-10-8-22(9-11-23)13-15-6-4-14(12-21)5-7-15/h1-7H,8-11,13H2. The molecule has 0 unspecified atom stereocenters. The van der Waals surface area contributed by atoms with Crippen molar-refractivity contribution in [3.63, 3.8) is 0 Å². The first kappa shape index (κ1) is 18.5. The van der Waals surface area contributed by atoms with E-state index in [-0.39, 0.29) is 13.1 Å². The van der Waals surface area contributed by atoms with Crippen molar-refractivity contribution in [2.75, 3.05) is 26.2 Å². The Morgan fingerprint density at radius 3 is 2.08 bits per heavy atom. The Balaban J connectivity index is 1.67. The van der Waals surface area contributed by atoms with Crippen molar-refractivity contribution in [3.05, 3.63) is 65.2 Å². The highest BCUT2D eigenvalue weighted by Crippen LogP contribution is 2.23. The predicted molar refractivity (Wildman–Crippen MR) is 91.6 cm³/mol. The van der Waals surface area contributed by atoms with Crippen LogP contribution in [0.3, 0.4) is 0 Å². The minimum atomic E-state index is -4.21. The third kappa shape index (κ3) is 3.75. The van der Waals surface area contributed by atoms with Gasteiger partial charge >= 0.3 is 0 Å². The average molecular weight is 377 g/mol. The zero-order valence-corrected chi connectivity index (χ0v) is 14.7. The van der Waals surface area contributed by atoms with E-state index in [1.807, 2.05) is 12.1 Å². The minimum absolute atomic E-state index is 0.159. The molecule has 0 atom stereocenters. The summed E-state index contributed by atoms with van der Waals surface area (Å²) in [6, 6.07) is 12.3. The minimum Gasteiger partial charge on any atom is -0.296 e. The number of hydrogen-bond acceptors (Lipinski definition) is 4. The second-order valence-electron chi connectivity index (χ2n) is 6.04. The molecular weight excluding hydrogens is 360 g/mol. The zero-order chi connectivity index (χ0) is 18.7. The van der Waals surface area contributed by atoms with Crippen molar-refractivity contribution in [2.24, 2.45) is 0 Å². The number of nitriles is 1. The van der Waals surface area contributed by atoms with Crippen LogP contribution in [0.5, 0.6) is 0 Å². The van der Waals surface area contributed by atoms with Gasteiger partial charge in [-0.1, -0.05) is 18.2 Å². The molecule has 5 nitrogen and oxygen atoms in total. The maximum absolute atomic E-state index is 13.8. The van der Waals surface area contributed by atoms with Gasteiger partial charge in [-0.05, 0) is 29.8 Å². The average Bonchev–Trinajstić information content (AvgIpc) is 2.62. The van der Waals surface area contributed by atoms with E-state index in [4.69, 9.17) is 5.26 Å². The zero-order valence-electron chi connectivity index (χ0n) is 13.9. The molecule has 26 heavy (non-hydrogen) atoms. The summed E-state index contributed by atoms with van der Waals surface area (Å²) in [4.78, 5) is 1.17. The van der Waals surface area contributed by atoms with Crippen LogP contribution in [-0.4, -0.2) is 43.8 Å². The highest BCUT2D eigenvalue weighted by molar-refractivity contribution is 7.89. The van der Waals surface area contributed by atoms with Gasteiger partial charge in [0, 0.05) is 32.7 Å². The van der Waals surface area contributed by atoms with Gasteiger partial charge in [-0.2, -0.15) is 9.57 Å². The van der Waals surface area contributed by atoms with E-state index < -0.39 is 26.6 Å². The SMILES string of the molecule is N#Cc1ccc(CN2CCN(S(=O)(=O)c3c(F)cccc3F)CC2)cc1. The normalized spacial score (nSPS) is 16.3. The summed E-state index contributed by atoms with van der Waals surface area (Å²) in [5.41, 5.74) is 1.59. The monoisotopic (exact) mass is 377 g/mol. The molecule has 1 heterocycles. The summed E-state index contributed by atoms with van der Waals surface area (Å²) in [6.45, 7) is 1.84. The van der Waals surface area contributed by atoms with Gasteiger partial charge in [0.25, 0.3) is 0 Å². The van der Waals surface area contributed by atoms with Crippen molar-refractivity contribution in [1.29, 1.82) is 5.26 Å². The predicted octanol–water partition coefficient (Wildman–Crippen LogP) is 2.34. The summed E-state index contributed by atoms with van der Waals surface area (Å²) in [6.07, 6.45) is 0. The van der Waals surface area contributed by atoms with Crippen LogP contribution in [0.4, 0.5) is 8.78 Å². The number of rotatable bonds is 4. The van der Waals surface area contributed by atoms with E-state index in [1.165, 1.54) is 0 Å². The maximum Gasteiger partial charge on any atom is 0.249 e. The molecule has 8 heteroatoms. The lowest BCUT2D eigenvalue weighted by Gasteiger charge is -2.34. The van der Waals surface area contributed by atoms with Gasteiger partial charge in [-0.25, -0.2) is 17.2 Å². The fraction of sp³-hybridized carbons (Fsp3) is 0.278. The van der Waals surface area contributed by atoms with Gasteiger partial charge in [0.05, 0.1) is 11.6 Å². The first-order chi connectivity index (χ1) is 12.4. The van der Waals surface area contributed by atoms with E-state index in [2.05, 4.69) is 11.0 Å². The lowest BCUT2D eigenvalue weighted by atomic mass is 10.1. The first-order valence-corrected chi connectivity index (χ1v) is 9.51. The van der Waals surface area contributed by atoms with Crippen LogP contribution in [0.25, 0.3) is 0 Å². The Bertz CT molecular complexity index is 912. The second-order valence-corrected chi connectivity index (χ2v) is 7.91. The van der Waals surface area contributed by atoms with Crippen LogP contribution in [0.2, 0.25) is 0 Å². The van der Waals surface area contributed by atoms with Crippen LogP contribution >= 0.6 is 0 Å². The van der Waals surface area contributed by atoms with Crippen molar-refractivity contribution < 1.29 is 17.2 Å². The van der Waals surface area contributed by atoms with Gasteiger partial charge in [0.1, 0.15) is 11.6 Å². The van der Waals surface area contributed by atoms with Gasteiger partial charge in [0.15, 0.2) is 4.90 Å². The summed E-state index contributed by atoms with van der Waals surface area (Å²) in [5.74, 6) is -2.16. The third-order valence-electron chi connectivity index (χ3n) is 4.34. The molecule has 0 spiro atoms. The van der Waals surface area contributed by atoms with Crippen LogP contribution < -0.4 is 0 Å². The quantitative estimate of drug-likeness (QED) is 0.821. The van der Waals surface area contributed by atoms with Crippen LogP contribution in [0.15, 0.2) is 47.4 Å². The van der Waals surface area contributed by atoms with E-state index >= 15 is 0 Å². The van der Waals surface area contributed by atoms with Crippen molar-refractivity contribution >= 4 is 10.0 Å². The van der Waals surface area contributed by atoms with Crippen molar-refractivity contribution in [3.8, 4) is 6.07 Å². The first-order valence-electron chi connectivity index (χ1n) is 8.07. The molecule has 1 fully saturated rings. The molecule has 1 saturated heterocycles. The lowest BCUT2D eigenvalue weighted by Crippen LogP contribution is -2.48. The van der Waals surface area contributed by atoms with Gasteiger partial charge in [0.2, 0.25) is 10.0 Å². The van der Waals surface area contributed by atoms with E-state index in [1.54, 1.807) is 12.1 Å². The summed E-state index contributed by atoms with van der Waals surface area (Å²) in [5, 5.41) is 8.81. The topological polar surface area (TPSA) is 64.4 Å². The summed E-state index contributed by atoms with van der Waals surface area (Å²) >= 11 is 0. The van der Waals surface area contributed by atoms with Gasteiger partial charge in [-0.15, -0.1) is 0 Å². The number of halogens is 2. The van der Waals surface area contributed by atoms with Crippen LogP contribution in [-0.2, 0) is 16.6 Å². The molecule has 136 valence electrons. The Morgan fingerprint density at radius 2 is 1.54 bits per heavy atom. The third-order valence-corrected chi connectivity index (χ3v) is 6.29. The fourth-order valence-electron chi connectivity index (χ4n) is 2.93. The van der Waals surface area contributed by atoms with E-state index in [0.717, 1.165) is 28.1 Å². The molecule has 1 aliphatic heterocycles. The Morgan fingerprint density at radius 1 is 0.962 bits per heavy atom. The highest BCUT2D eigenvalue weighted by atomic mass is 32.2. The molecule has 0 amide bonds. The lowest BCUT2D eigenvalue weighted by molar-refractivity contribution is 0.181. The molecule has 1 aliphatic rings. The largest absolute Gasteiger partial charge is 0.296 e. The molecule has 0 N–H and O–H groups in total. The smallest absolute Gasteiger partial charge is 0.249 e. The molecule has 2 aromatic rings. The molecular formula is C18H17F2N3O2S. The fourth-order valence-corrected chi connectivity index (χ4v) is 4.46. The Labute approximate surface area is 151 Å². The molecule has 0 aromatic heterocycles. The molecule has 3 rings (SSSR count). The molecule has 0 radical (unpaired) electrons. The summed E-state index contributed by atoms with van der Waals surface area (Å²) in [7, 11) is -4.21. The number of hydrogen-bond donors (Lipinski definition) is 0. The molecule has 0 bridgehead atoms. The molecule has 0 saturated carbocycles. The van der Waals surface area contributed by atoms with Gasteiger partial charge in [-0.3, -0.25) is 4.90 Å². The number of piperazine rings is 1. The molecule has 2 aromatic carbocycles. The highest BCUT2D eigenvalue weighted by Gasteiger charge is 2.32. The number of sulfonamides is 1. The van der Waals surface area contributed by atoms with Crippen molar-refractivity contribution in [1.82, 2.24) is 9.21 Å². The van der Waals surface area contributed by atoms with Crippen LogP contribution in [0, 0.1) is 23.0 Å².